The molecule has 1 aromatic carbocycles. The number of H-pyrrole nitrogens is 1. The first-order valence-electron chi connectivity index (χ1n) is 9.09. The first kappa shape index (κ1) is 18.8. The average molecular weight is 367 g/mol. The highest BCUT2D eigenvalue weighted by molar-refractivity contribution is 5.92. The number of fused-ring (bicyclic) bond motifs is 1. The number of ether oxygens (including phenoxy) is 1. The molecule has 2 heterocycles. The van der Waals surface area contributed by atoms with Crippen LogP contribution in [0.2, 0.25) is 0 Å². The van der Waals surface area contributed by atoms with Crippen LogP contribution in [0.3, 0.4) is 0 Å². The Kier molecular flexibility index (Phi) is 6.38. The van der Waals surface area contributed by atoms with Crippen LogP contribution in [0.25, 0.3) is 10.9 Å². The van der Waals surface area contributed by atoms with Gasteiger partial charge >= 0.3 is 0 Å². The summed E-state index contributed by atoms with van der Waals surface area (Å²) in [7, 11) is 1.67. The van der Waals surface area contributed by atoms with Crippen LogP contribution in [0.5, 0.6) is 0 Å². The summed E-state index contributed by atoms with van der Waals surface area (Å²) in [5.41, 5.74) is 3.41. The summed E-state index contributed by atoms with van der Waals surface area (Å²) < 4.78 is 5.02. The van der Waals surface area contributed by atoms with Crippen molar-refractivity contribution in [3.63, 3.8) is 0 Å². The Balaban J connectivity index is 1.56. The Morgan fingerprint density at radius 2 is 2.07 bits per heavy atom. The number of aryl methyl sites for hydroxylation is 1. The van der Waals surface area contributed by atoms with Crippen molar-refractivity contribution >= 4 is 22.8 Å². The molecule has 1 amide bonds. The number of aromatic amines is 1. The van der Waals surface area contributed by atoms with E-state index >= 15 is 0 Å². The lowest BCUT2D eigenvalue weighted by Crippen LogP contribution is -2.27. The third-order valence-corrected chi connectivity index (χ3v) is 4.25. The van der Waals surface area contributed by atoms with Crippen LogP contribution in [0, 0.1) is 6.92 Å². The number of benzene rings is 1. The third kappa shape index (κ3) is 5.04. The predicted octanol–water partition coefficient (Wildman–Crippen LogP) is 2.69. The fourth-order valence-corrected chi connectivity index (χ4v) is 2.92. The molecule has 0 unspecified atom stereocenters. The van der Waals surface area contributed by atoms with Crippen LogP contribution >= 0.6 is 0 Å². The minimum Gasteiger partial charge on any atom is -0.385 e. The van der Waals surface area contributed by atoms with Gasteiger partial charge in [-0.1, -0.05) is 18.2 Å². The molecular weight excluding hydrogens is 342 g/mol. The molecule has 27 heavy (non-hydrogen) atoms. The van der Waals surface area contributed by atoms with E-state index in [2.05, 4.69) is 31.7 Å². The zero-order valence-corrected chi connectivity index (χ0v) is 15.7. The molecule has 0 radical (unpaired) electrons. The van der Waals surface area contributed by atoms with Crippen molar-refractivity contribution in [3.05, 3.63) is 53.5 Å². The lowest BCUT2D eigenvalue weighted by Gasteiger charge is -2.09. The molecule has 0 fully saturated rings. The second kappa shape index (κ2) is 9.14. The first-order chi connectivity index (χ1) is 13.2. The fourth-order valence-electron chi connectivity index (χ4n) is 2.92. The van der Waals surface area contributed by atoms with Crippen LogP contribution in [-0.4, -0.2) is 47.7 Å². The summed E-state index contributed by atoms with van der Waals surface area (Å²) in [6, 6.07) is 9.84. The minimum absolute atomic E-state index is 0.194. The first-order valence-corrected chi connectivity index (χ1v) is 9.09. The quantitative estimate of drug-likeness (QED) is 0.506. The van der Waals surface area contributed by atoms with Gasteiger partial charge < -0.3 is 20.4 Å². The Morgan fingerprint density at radius 1 is 1.22 bits per heavy atom. The largest absolute Gasteiger partial charge is 0.385 e. The van der Waals surface area contributed by atoms with Crippen molar-refractivity contribution in [1.82, 2.24) is 20.3 Å². The summed E-state index contributed by atoms with van der Waals surface area (Å²) in [6.45, 7) is 3.75. The number of methoxy groups -OCH3 is 1. The summed E-state index contributed by atoms with van der Waals surface area (Å²) in [4.78, 5) is 24.3. The van der Waals surface area contributed by atoms with Gasteiger partial charge in [-0.25, -0.2) is 9.97 Å². The summed E-state index contributed by atoms with van der Waals surface area (Å²) >= 11 is 0. The number of para-hydroxylation sites is 1. The lowest BCUT2D eigenvalue weighted by atomic mass is 10.1. The van der Waals surface area contributed by atoms with Gasteiger partial charge in [0.25, 0.3) is 5.91 Å². The summed E-state index contributed by atoms with van der Waals surface area (Å²) in [5, 5.41) is 7.26. The maximum atomic E-state index is 12.5. The van der Waals surface area contributed by atoms with Crippen molar-refractivity contribution in [1.29, 1.82) is 0 Å². The highest BCUT2D eigenvalue weighted by atomic mass is 16.5. The molecule has 0 spiro atoms. The molecule has 0 bridgehead atoms. The van der Waals surface area contributed by atoms with E-state index in [-0.39, 0.29) is 5.91 Å². The van der Waals surface area contributed by atoms with E-state index in [1.165, 1.54) is 10.9 Å². The molecule has 0 atom stereocenters. The Morgan fingerprint density at radius 3 is 2.93 bits per heavy atom. The monoisotopic (exact) mass is 367 g/mol. The molecule has 3 rings (SSSR count). The number of nitrogens with zero attached hydrogens (tertiary/aromatic N) is 2. The second-order valence-electron chi connectivity index (χ2n) is 6.36. The van der Waals surface area contributed by atoms with Gasteiger partial charge in [0.15, 0.2) is 0 Å². The predicted molar refractivity (Wildman–Crippen MR) is 106 cm³/mol. The van der Waals surface area contributed by atoms with Gasteiger partial charge in [0.2, 0.25) is 5.95 Å². The minimum atomic E-state index is -0.194. The number of anilines is 1. The van der Waals surface area contributed by atoms with Crippen LogP contribution in [0.1, 0.15) is 28.2 Å². The van der Waals surface area contributed by atoms with E-state index in [4.69, 9.17) is 4.74 Å². The second-order valence-corrected chi connectivity index (χ2v) is 6.36. The van der Waals surface area contributed by atoms with E-state index in [9.17, 15) is 4.79 Å². The van der Waals surface area contributed by atoms with Crippen LogP contribution in [0.15, 0.2) is 36.5 Å². The van der Waals surface area contributed by atoms with E-state index in [1.54, 1.807) is 13.2 Å². The standard InChI is InChI=1S/C20H25N5O2/c1-14-12-18(25-20(24-14)22-9-5-11-27-2)19(26)21-10-8-15-13-23-17-7-4-3-6-16(15)17/h3-4,6-7,12-13,23H,5,8-11H2,1-2H3,(H,21,26)(H,22,24,25). The van der Waals surface area contributed by atoms with E-state index < -0.39 is 0 Å². The maximum Gasteiger partial charge on any atom is 0.270 e. The van der Waals surface area contributed by atoms with Crippen molar-refractivity contribution < 1.29 is 9.53 Å². The van der Waals surface area contributed by atoms with Crippen molar-refractivity contribution in [2.75, 3.05) is 32.1 Å². The van der Waals surface area contributed by atoms with Gasteiger partial charge in [0, 0.05) is 49.6 Å². The highest BCUT2D eigenvalue weighted by Crippen LogP contribution is 2.17. The molecule has 142 valence electrons. The highest BCUT2D eigenvalue weighted by Gasteiger charge is 2.11. The fraction of sp³-hybridized carbons (Fsp3) is 0.350. The van der Waals surface area contributed by atoms with Gasteiger partial charge in [-0.3, -0.25) is 4.79 Å². The molecule has 0 saturated heterocycles. The average Bonchev–Trinajstić information content (AvgIpc) is 3.08. The molecule has 3 aromatic rings. The number of carbonyl (C=O) groups excluding carboxylic acids is 1. The van der Waals surface area contributed by atoms with Gasteiger partial charge in [0.05, 0.1) is 0 Å². The summed E-state index contributed by atoms with van der Waals surface area (Å²) in [6.07, 6.45) is 3.59. The number of hydrogen-bond donors (Lipinski definition) is 3. The van der Waals surface area contributed by atoms with Gasteiger partial charge in [-0.2, -0.15) is 0 Å². The molecule has 0 aliphatic carbocycles. The smallest absolute Gasteiger partial charge is 0.270 e. The number of amides is 1. The van der Waals surface area contributed by atoms with E-state index in [0.29, 0.717) is 31.3 Å². The van der Waals surface area contributed by atoms with Crippen LogP contribution in [0.4, 0.5) is 5.95 Å². The van der Waals surface area contributed by atoms with Crippen LogP contribution < -0.4 is 10.6 Å². The zero-order valence-electron chi connectivity index (χ0n) is 15.7. The third-order valence-electron chi connectivity index (χ3n) is 4.25. The van der Waals surface area contributed by atoms with E-state index in [0.717, 1.165) is 24.1 Å². The molecule has 7 heteroatoms. The van der Waals surface area contributed by atoms with E-state index in [1.807, 2.05) is 31.3 Å². The molecule has 0 saturated carbocycles. The lowest BCUT2D eigenvalue weighted by molar-refractivity contribution is 0.0949. The van der Waals surface area contributed by atoms with Crippen LogP contribution in [-0.2, 0) is 11.2 Å². The number of hydrogen-bond acceptors (Lipinski definition) is 5. The molecule has 0 aliphatic rings. The Labute approximate surface area is 158 Å². The normalized spacial score (nSPS) is 10.9. The van der Waals surface area contributed by atoms with Crippen molar-refractivity contribution in [2.24, 2.45) is 0 Å². The van der Waals surface area contributed by atoms with Crippen molar-refractivity contribution in [3.8, 4) is 0 Å². The number of aromatic nitrogens is 3. The molecule has 0 aliphatic heterocycles. The zero-order chi connectivity index (χ0) is 19.1. The molecular formula is C20H25N5O2. The Hall–Kier alpha value is -2.93. The summed E-state index contributed by atoms with van der Waals surface area (Å²) in [5.74, 6) is 0.271. The topological polar surface area (TPSA) is 91.9 Å². The number of rotatable bonds is 9. The van der Waals surface area contributed by atoms with Crippen molar-refractivity contribution in [2.45, 2.75) is 19.8 Å². The maximum absolute atomic E-state index is 12.5. The van der Waals surface area contributed by atoms with Gasteiger partial charge in [0.1, 0.15) is 5.69 Å². The van der Waals surface area contributed by atoms with Gasteiger partial charge in [-0.05, 0) is 37.5 Å². The molecule has 2 aromatic heterocycles. The number of nitrogens with one attached hydrogen (secondary N) is 3. The SMILES string of the molecule is COCCCNc1nc(C)cc(C(=O)NCCc2c[nH]c3ccccc23)n1. The molecule has 3 N–H and O–H groups in total. The molecule has 7 nitrogen and oxygen atoms in total. The Bertz CT molecular complexity index is 906. The van der Waals surface area contributed by atoms with Gasteiger partial charge in [-0.15, -0.1) is 0 Å². The number of carbonyl (C=O) groups is 1.